The summed E-state index contributed by atoms with van der Waals surface area (Å²) in [5.41, 5.74) is 0. The second kappa shape index (κ2) is 8.66. The molecular formula is C8H20N2. The molecular weight excluding hydrogens is 124 g/mol. The van der Waals surface area contributed by atoms with Crippen molar-refractivity contribution in [3.8, 4) is 0 Å². The first-order valence-electron chi connectivity index (χ1n) is 3.42. The third-order valence-corrected chi connectivity index (χ3v) is 0.994. The summed E-state index contributed by atoms with van der Waals surface area (Å²) in [6.07, 6.45) is 0. The monoisotopic (exact) mass is 144 g/mol. The second-order valence-corrected chi connectivity index (χ2v) is 2.61. The van der Waals surface area contributed by atoms with Gasteiger partial charge in [0.15, 0.2) is 0 Å². The van der Waals surface area contributed by atoms with E-state index in [-0.39, 0.29) is 0 Å². The topological polar surface area (TPSA) is 6.48 Å². The number of nitrogens with zero attached hydrogens (tertiary/aromatic N) is 2. The van der Waals surface area contributed by atoms with Crippen molar-refractivity contribution in [2.24, 2.45) is 0 Å². The van der Waals surface area contributed by atoms with E-state index in [0.29, 0.717) is 0 Å². The Balaban J connectivity index is 0. The molecule has 0 aromatic rings. The summed E-state index contributed by atoms with van der Waals surface area (Å²) in [7, 11) is 8.35. The molecule has 0 aliphatic carbocycles. The molecule has 62 valence electrons. The lowest BCUT2D eigenvalue weighted by Gasteiger charge is -2.13. The van der Waals surface area contributed by atoms with E-state index in [1.165, 1.54) is 0 Å². The average Bonchev–Trinajstić information content (AvgIpc) is 1.89. The Hall–Kier alpha value is -0.340. The Kier molecular flexibility index (Phi) is 10.7. The summed E-state index contributed by atoms with van der Waals surface area (Å²) in [6, 6.07) is 0. The van der Waals surface area contributed by atoms with Crippen LogP contribution in [0.3, 0.4) is 0 Å². The number of likely N-dealkylation sites (N-methyl/N-ethyl adjacent to an activating group) is 2. The molecule has 0 unspecified atom stereocenters. The highest BCUT2D eigenvalue weighted by Gasteiger charge is 1.89. The molecule has 0 heterocycles. The Morgan fingerprint density at radius 1 is 0.800 bits per heavy atom. The van der Waals surface area contributed by atoms with E-state index in [2.05, 4.69) is 51.1 Å². The van der Waals surface area contributed by atoms with Crippen molar-refractivity contribution in [2.45, 2.75) is 0 Å². The predicted molar refractivity (Wildman–Crippen MR) is 48.4 cm³/mol. The van der Waals surface area contributed by atoms with E-state index in [1.807, 2.05) is 0 Å². The van der Waals surface area contributed by atoms with Crippen molar-refractivity contribution >= 4 is 0 Å². The number of hydrogen-bond donors (Lipinski definition) is 0. The molecule has 0 fully saturated rings. The minimum Gasteiger partial charge on any atom is -0.308 e. The molecule has 2 nitrogen and oxygen atoms in total. The van der Waals surface area contributed by atoms with Gasteiger partial charge in [0.05, 0.1) is 0 Å². The molecule has 0 aliphatic rings. The van der Waals surface area contributed by atoms with Crippen LogP contribution in [0.5, 0.6) is 0 Å². The Morgan fingerprint density at radius 2 is 1.00 bits per heavy atom. The first-order chi connectivity index (χ1) is 4.63. The molecule has 0 rings (SSSR count). The molecule has 0 saturated heterocycles. The molecule has 0 aliphatic heterocycles. The van der Waals surface area contributed by atoms with Gasteiger partial charge in [0, 0.05) is 13.1 Å². The fourth-order valence-corrected chi connectivity index (χ4v) is 0.400. The standard InChI is InChI=1S/C6H16N2.C2H4/c1-7(2)5-6-8(3)4;1-2/h5-6H2,1-4H3;1-2H2. The van der Waals surface area contributed by atoms with E-state index in [9.17, 15) is 0 Å². The molecule has 0 aromatic heterocycles. The zero-order chi connectivity index (χ0) is 8.57. The fourth-order valence-electron chi connectivity index (χ4n) is 0.400. The van der Waals surface area contributed by atoms with Gasteiger partial charge in [-0.2, -0.15) is 0 Å². The quantitative estimate of drug-likeness (QED) is 0.543. The molecule has 0 saturated carbocycles. The highest BCUT2D eigenvalue weighted by molar-refractivity contribution is 4.45. The third-order valence-electron chi connectivity index (χ3n) is 0.994. The largest absolute Gasteiger partial charge is 0.308 e. The Labute approximate surface area is 65.1 Å². The van der Waals surface area contributed by atoms with Gasteiger partial charge in [-0.1, -0.05) is 0 Å². The van der Waals surface area contributed by atoms with Crippen molar-refractivity contribution in [3.63, 3.8) is 0 Å². The molecule has 2 heteroatoms. The average molecular weight is 144 g/mol. The SMILES string of the molecule is C=C.CN(C)CCN(C)C. The van der Waals surface area contributed by atoms with Crippen molar-refractivity contribution in [1.29, 1.82) is 0 Å². The predicted octanol–water partition coefficient (Wildman–Crippen LogP) is 0.912. The summed E-state index contributed by atoms with van der Waals surface area (Å²) in [5, 5.41) is 0. The summed E-state index contributed by atoms with van der Waals surface area (Å²) in [4.78, 5) is 4.36. The fraction of sp³-hybridized carbons (Fsp3) is 0.750. The van der Waals surface area contributed by atoms with Gasteiger partial charge in [-0.15, -0.1) is 13.2 Å². The van der Waals surface area contributed by atoms with Crippen LogP contribution in [0.25, 0.3) is 0 Å². The molecule has 10 heavy (non-hydrogen) atoms. The van der Waals surface area contributed by atoms with Gasteiger partial charge in [-0.3, -0.25) is 0 Å². The minimum absolute atomic E-state index is 1.15. The van der Waals surface area contributed by atoms with Crippen molar-refractivity contribution < 1.29 is 0 Å². The van der Waals surface area contributed by atoms with Crippen LogP contribution in [0, 0.1) is 0 Å². The lowest BCUT2D eigenvalue weighted by Crippen LogP contribution is -2.25. The highest BCUT2D eigenvalue weighted by Crippen LogP contribution is 1.76. The second-order valence-electron chi connectivity index (χ2n) is 2.61. The maximum absolute atomic E-state index is 3.00. The molecule has 0 bridgehead atoms. The maximum atomic E-state index is 3.00. The summed E-state index contributed by atoms with van der Waals surface area (Å²) in [6.45, 7) is 8.29. The zero-order valence-electron chi connectivity index (χ0n) is 7.72. The van der Waals surface area contributed by atoms with Crippen molar-refractivity contribution in [3.05, 3.63) is 13.2 Å². The van der Waals surface area contributed by atoms with Crippen LogP contribution < -0.4 is 0 Å². The summed E-state index contributed by atoms with van der Waals surface area (Å²) in [5.74, 6) is 0. The van der Waals surface area contributed by atoms with Crippen LogP contribution in [0.1, 0.15) is 0 Å². The molecule has 0 aromatic carbocycles. The smallest absolute Gasteiger partial charge is 0.0103 e. The first kappa shape index (κ1) is 12.3. The lowest BCUT2D eigenvalue weighted by atomic mass is 10.5. The summed E-state index contributed by atoms with van der Waals surface area (Å²) >= 11 is 0. The van der Waals surface area contributed by atoms with Crippen LogP contribution in [0.15, 0.2) is 13.2 Å². The Bertz CT molecular complexity index is 52.3. The van der Waals surface area contributed by atoms with Crippen LogP contribution in [0.4, 0.5) is 0 Å². The van der Waals surface area contributed by atoms with Gasteiger partial charge < -0.3 is 9.80 Å². The van der Waals surface area contributed by atoms with Crippen LogP contribution >= 0.6 is 0 Å². The van der Waals surface area contributed by atoms with E-state index in [1.54, 1.807) is 0 Å². The van der Waals surface area contributed by atoms with Crippen LogP contribution in [-0.4, -0.2) is 51.1 Å². The zero-order valence-corrected chi connectivity index (χ0v) is 7.72. The maximum Gasteiger partial charge on any atom is 0.0103 e. The van der Waals surface area contributed by atoms with Crippen molar-refractivity contribution in [2.75, 3.05) is 41.3 Å². The highest BCUT2D eigenvalue weighted by atomic mass is 15.1. The Morgan fingerprint density at radius 3 is 1.10 bits per heavy atom. The van der Waals surface area contributed by atoms with Gasteiger partial charge in [0.2, 0.25) is 0 Å². The van der Waals surface area contributed by atoms with Gasteiger partial charge in [0.25, 0.3) is 0 Å². The summed E-state index contributed by atoms with van der Waals surface area (Å²) < 4.78 is 0. The molecule has 0 N–H and O–H groups in total. The molecule has 0 atom stereocenters. The van der Waals surface area contributed by atoms with E-state index >= 15 is 0 Å². The van der Waals surface area contributed by atoms with Gasteiger partial charge in [-0.05, 0) is 28.2 Å². The van der Waals surface area contributed by atoms with Gasteiger partial charge in [-0.25, -0.2) is 0 Å². The normalized spacial score (nSPS) is 9.40. The van der Waals surface area contributed by atoms with Gasteiger partial charge >= 0.3 is 0 Å². The van der Waals surface area contributed by atoms with Crippen LogP contribution in [-0.2, 0) is 0 Å². The van der Waals surface area contributed by atoms with E-state index in [0.717, 1.165) is 13.1 Å². The van der Waals surface area contributed by atoms with E-state index in [4.69, 9.17) is 0 Å². The molecule has 0 amide bonds. The van der Waals surface area contributed by atoms with Crippen LogP contribution in [0.2, 0.25) is 0 Å². The van der Waals surface area contributed by atoms with Crippen molar-refractivity contribution in [1.82, 2.24) is 9.80 Å². The molecule has 0 spiro atoms. The first-order valence-corrected chi connectivity index (χ1v) is 3.42. The number of hydrogen-bond acceptors (Lipinski definition) is 2. The minimum atomic E-state index is 1.15. The van der Waals surface area contributed by atoms with Gasteiger partial charge in [0.1, 0.15) is 0 Å². The number of rotatable bonds is 3. The lowest BCUT2D eigenvalue weighted by molar-refractivity contribution is 0.320. The molecule has 0 radical (unpaired) electrons. The third kappa shape index (κ3) is 15.6. The van der Waals surface area contributed by atoms with E-state index < -0.39 is 0 Å².